The van der Waals surface area contributed by atoms with Crippen LogP contribution in [0.25, 0.3) is 10.1 Å². The molecule has 2 N–H and O–H groups in total. The average Bonchev–Trinajstić information content (AvgIpc) is 2.88. The molecule has 3 rings (SSSR count). The predicted molar refractivity (Wildman–Crippen MR) is 81.1 cm³/mol. The summed E-state index contributed by atoms with van der Waals surface area (Å²) >= 11 is 1.32. The lowest BCUT2D eigenvalue weighted by atomic mass is 10.1. The molecule has 1 aromatic carbocycles. The van der Waals surface area contributed by atoms with Crippen LogP contribution in [-0.2, 0) is 16.0 Å². The maximum atomic E-state index is 11.4. The van der Waals surface area contributed by atoms with Gasteiger partial charge in [0.1, 0.15) is 4.88 Å². The Bertz CT molecular complexity index is 634. The number of nitrogens with one attached hydrogen (secondary N) is 1. The number of hydrogen-bond donors (Lipinski definition) is 2. The van der Waals surface area contributed by atoms with E-state index < -0.39 is 5.97 Å². The van der Waals surface area contributed by atoms with Gasteiger partial charge in [0.25, 0.3) is 0 Å². The van der Waals surface area contributed by atoms with Crippen molar-refractivity contribution in [2.24, 2.45) is 0 Å². The molecule has 21 heavy (non-hydrogen) atoms. The van der Waals surface area contributed by atoms with Crippen molar-refractivity contribution in [2.45, 2.75) is 12.6 Å². The Balaban J connectivity index is 1.72. The second-order valence-electron chi connectivity index (χ2n) is 4.91. The lowest BCUT2D eigenvalue weighted by molar-refractivity contribution is -0.0864. The minimum absolute atomic E-state index is 0.0388. The number of hydrogen-bond acceptors (Lipinski definition) is 5. The van der Waals surface area contributed by atoms with Crippen molar-refractivity contribution in [3.05, 3.63) is 34.7 Å². The van der Waals surface area contributed by atoms with Crippen molar-refractivity contribution >= 4 is 27.4 Å². The SMILES string of the molecule is O=C(O)c1sc2ccccc2c1CNCC1COCCO1. The van der Waals surface area contributed by atoms with E-state index in [0.717, 1.165) is 15.6 Å². The molecule has 0 bridgehead atoms. The topological polar surface area (TPSA) is 67.8 Å². The summed E-state index contributed by atoms with van der Waals surface area (Å²) in [5, 5.41) is 13.6. The van der Waals surface area contributed by atoms with Gasteiger partial charge in [-0.15, -0.1) is 11.3 Å². The zero-order chi connectivity index (χ0) is 14.7. The van der Waals surface area contributed by atoms with Crippen molar-refractivity contribution in [3.8, 4) is 0 Å². The molecule has 112 valence electrons. The molecule has 2 aromatic rings. The monoisotopic (exact) mass is 307 g/mol. The maximum absolute atomic E-state index is 11.4. The number of carboxylic acids is 1. The van der Waals surface area contributed by atoms with Crippen LogP contribution in [0.15, 0.2) is 24.3 Å². The van der Waals surface area contributed by atoms with E-state index in [0.29, 0.717) is 37.8 Å². The Morgan fingerprint density at radius 1 is 1.38 bits per heavy atom. The van der Waals surface area contributed by atoms with Crippen molar-refractivity contribution in [1.82, 2.24) is 5.32 Å². The lowest BCUT2D eigenvalue weighted by Gasteiger charge is -2.23. The minimum Gasteiger partial charge on any atom is -0.477 e. The molecule has 1 unspecified atom stereocenters. The average molecular weight is 307 g/mol. The Labute approximate surface area is 126 Å². The standard InChI is InChI=1S/C15H17NO4S/c17-15(18)14-12(11-3-1-2-4-13(11)21-14)8-16-7-10-9-19-5-6-20-10/h1-4,10,16H,5-9H2,(H,17,18). The molecule has 0 saturated carbocycles. The number of thiophene rings is 1. The molecule has 1 saturated heterocycles. The zero-order valence-electron chi connectivity index (χ0n) is 11.5. The van der Waals surface area contributed by atoms with Crippen LogP contribution in [0.3, 0.4) is 0 Å². The van der Waals surface area contributed by atoms with Gasteiger partial charge < -0.3 is 19.9 Å². The first-order valence-corrected chi connectivity index (χ1v) is 7.71. The third-order valence-corrected chi connectivity index (χ3v) is 4.65. The van der Waals surface area contributed by atoms with Crippen LogP contribution in [0.5, 0.6) is 0 Å². The number of fused-ring (bicyclic) bond motifs is 1. The summed E-state index contributed by atoms with van der Waals surface area (Å²) in [6.07, 6.45) is 0.0388. The second-order valence-corrected chi connectivity index (χ2v) is 5.96. The molecule has 1 atom stereocenters. The van der Waals surface area contributed by atoms with Gasteiger partial charge in [-0.05, 0) is 17.0 Å². The normalized spacial score (nSPS) is 19.0. The van der Waals surface area contributed by atoms with Gasteiger partial charge in [0.05, 0.1) is 25.9 Å². The first-order valence-electron chi connectivity index (χ1n) is 6.89. The van der Waals surface area contributed by atoms with E-state index in [-0.39, 0.29) is 6.10 Å². The van der Waals surface area contributed by atoms with Crippen LogP contribution >= 0.6 is 11.3 Å². The van der Waals surface area contributed by atoms with E-state index in [1.54, 1.807) is 0 Å². The van der Waals surface area contributed by atoms with E-state index >= 15 is 0 Å². The third-order valence-electron chi connectivity index (χ3n) is 3.45. The fourth-order valence-electron chi connectivity index (χ4n) is 2.46. The first-order chi connectivity index (χ1) is 10.3. The Hall–Kier alpha value is -1.47. The highest BCUT2D eigenvalue weighted by atomic mass is 32.1. The molecule has 6 heteroatoms. The van der Waals surface area contributed by atoms with Gasteiger partial charge in [0.15, 0.2) is 0 Å². The summed E-state index contributed by atoms with van der Waals surface area (Å²) < 4.78 is 11.9. The fourth-order valence-corrected chi connectivity index (χ4v) is 3.52. The van der Waals surface area contributed by atoms with Gasteiger partial charge >= 0.3 is 5.97 Å². The summed E-state index contributed by atoms with van der Waals surface area (Å²) in [6, 6.07) is 7.78. The van der Waals surface area contributed by atoms with Gasteiger partial charge in [-0.2, -0.15) is 0 Å². The zero-order valence-corrected chi connectivity index (χ0v) is 12.3. The minimum atomic E-state index is -0.870. The van der Waals surface area contributed by atoms with Crippen molar-refractivity contribution in [1.29, 1.82) is 0 Å². The molecular weight excluding hydrogens is 290 g/mol. The van der Waals surface area contributed by atoms with Crippen molar-refractivity contribution in [3.63, 3.8) is 0 Å². The number of carbonyl (C=O) groups is 1. The molecule has 1 aliphatic rings. The van der Waals surface area contributed by atoms with Crippen LogP contribution in [0.1, 0.15) is 15.2 Å². The highest BCUT2D eigenvalue weighted by molar-refractivity contribution is 7.21. The molecule has 1 aromatic heterocycles. The van der Waals surface area contributed by atoms with E-state index in [1.165, 1.54) is 11.3 Å². The number of benzene rings is 1. The first kappa shape index (κ1) is 14.5. The quantitative estimate of drug-likeness (QED) is 0.885. The molecule has 1 fully saturated rings. The van der Waals surface area contributed by atoms with Crippen LogP contribution in [-0.4, -0.2) is 43.5 Å². The maximum Gasteiger partial charge on any atom is 0.346 e. The Kier molecular flexibility index (Phi) is 4.50. The third kappa shape index (κ3) is 3.24. The highest BCUT2D eigenvalue weighted by Crippen LogP contribution is 2.31. The van der Waals surface area contributed by atoms with Crippen molar-refractivity contribution in [2.75, 3.05) is 26.4 Å². The molecule has 0 radical (unpaired) electrons. The van der Waals surface area contributed by atoms with E-state index in [4.69, 9.17) is 9.47 Å². The van der Waals surface area contributed by atoms with Crippen LogP contribution in [0, 0.1) is 0 Å². The summed E-state index contributed by atoms with van der Waals surface area (Å²) in [7, 11) is 0. The summed E-state index contributed by atoms with van der Waals surface area (Å²) in [5.74, 6) is -0.870. The van der Waals surface area contributed by atoms with Crippen LogP contribution in [0.4, 0.5) is 0 Å². The smallest absolute Gasteiger partial charge is 0.346 e. The molecule has 5 nitrogen and oxygen atoms in total. The molecule has 0 spiro atoms. The van der Waals surface area contributed by atoms with Gasteiger partial charge in [0, 0.05) is 17.8 Å². The number of carboxylic acid groups (broad SMARTS) is 1. The lowest BCUT2D eigenvalue weighted by Crippen LogP contribution is -2.37. The number of rotatable bonds is 5. The van der Waals surface area contributed by atoms with E-state index in [1.807, 2.05) is 24.3 Å². The van der Waals surface area contributed by atoms with Gasteiger partial charge in [-0.1, -0.05) is 18.2 Å². The highest BCUT2D eigenvalue weighted by Gasteiger charge is 2.18. The summed E-state index contributed by atoms with van der Waals surface area (Å²) in [5.41, 5.74) is 0.847. The number of aromatic carboxylic acids is 1. The van der Waals surface area contributed by atoms with Gasteiger partial charge in [-0.25, -0.2) is 4.79 Å². The van der Waals surface area contributed by atoms with Gasteiger partial charge in [0.2, 0.25) is 0 Å². The molecule has 1 aliphatic heterocycles. The molecule has 0 amide bonds. The van der Waals surface area contributed by atoms with Crippen LogP contribution in [0.2, 0.25) is 0 Å². The molecule has 2 heterocycles. The number of ether oxygens (including phenoxy) is 2. The summed E-state index contributed by atoms with van der Waals surface area (Å²) in [6.45, 7) is 3.03. The van der Waals surface area contributed by atoms with E-state index in [2.05, 4.69) is 5.32 Å². The molecule has 0 aliphatic carbocycles. The Morgan fingerprint density at radius 3 is 3.00 bits per heavy atom. The second kappa shape index (κ2) is 6.53. The van der Waals surface area contributed by atoms with Crippen LogP contribution < -0.4 is 5.32 Å². The predicted octanol–water partition coefficient (Wildman–Crippen LogP) is 2.10. The van der Waals surface area contributed by atoms with E-state index in [9.17, 15) is 9.90 Å². The fraction of sp³-hybridized carbons (Fsp3) is 0.400. The molecular formula is C15H17NO4S. The summed E-state index contributed by atoms with van der Waals surface area (Å²) in [4.78, 5) is 11.8. The van der Waals surface area contributed by atoms with Crippen molar-refractivity contribution < 1.29 is 19.4 Å². The van der Waals surface area contributed by atoms with Gasteiger partial charge in [-0.3, -0.25) is 0 Å². The largest absolute Gasteiger partial charge is 0.477 e. The Morgan fingerprint density at radius 2 is 2.24 bits per heavy atom.